The summed E-state index contributed by atoms with van der Waals surface area (Å²) in [6.45, 7) is 7.30. The summed E-state index contributed by atoms with van der Waals surface area (Å²) in [6, 6.07) is 0.961. The summed E-state index contributed by atoms with van der Waals surface area (Å²) in [4.78, 5) is 2.67. The molecule has 1 aliphatic heterocycles. The third kappa shape index (κ3) is 1.76. The molecule has 1 nitrogen and oxygen atoms in total. The Balaban J connectivity index is 1.92. The molecular formula is C10H18N. The lowest BCUT2D eigenvalue weighted by molar-refractivity contribution is 0.154. The molecule has 1 heteroatoms. The highest BCUT2D eigenvalue weighted by atomic mass is 15.2. The van der Waals surface area contributed by atoms with E-state index in [0.29, 0.717) is 5.41 Å². The third-order valence-corrected chi connectivity index (χ3v) is 2.79. The Kier molecular flexibility index (Phi) is 1.71. The molecule has 2 aliphatic rings. The fourth-order valence-electron chi connectivity index (χ4n) is 2.04. The minimum Gasteiger partial charge on any atom is -0.300 e. The van der Waals surface area contributed by atoms with Crippen LogP contribution in [0, 0.1) is 11.8 Å². The molecule has 0 unspecified atom stereocenters. The standard InChI is InChI=1S/C10H18N/c1-10(2)6-3-7-11(8-10)9-4-5-9/h6,9H,3-5,7-8H2,1-2H3. The van der Waals surface area contributed by atoms with Crippen molar-refractivity contribution >= 4 is 0 Å². The second-order valence-electron chi connectivity index (χ2n) is 4.68. The molecule has 1 aliphatic carbocycles. The van der Waals surface area contributed by atoms with Crippen LogP contribution in [0.25, 0.3) is 0 Å². The lowest BCUT2D eigenvalue weighted by Gasteiger charge is -2.37. The van der Waals surface area contributed by atoms with E-state index in [9.17, 15) is 0 Å². The van der Waals surface area contributed by atoms with Crippen LogP contribution in [0.3, 0.4) is 0 Å². The molecule has 0 bridgehead atoms. The second-order valence-corrected chi connectivity index (χ2v) is 4.68. The SMILES string of the molecule is CC1(C)[CH]CCN(C2CC2)C1. The van der Waals surface area contributed by atoms with E-state index in [-0.39, 0.29) is 0 Å². The Morgan fingerprint density at radius 1 is 1.36 bits per heavy atom. The van der Waals surface area contributed by atoms with Gasteiger partial charge in [0.05, 0.1) is 0 Å². The summed E-state index contributed by atoms with van der Waals surface area (Å²) >= 11 is 0. The zero-order valence-corrected chi connectivity index (χ0v) is 7.64. The van der Waals surface area contributed by atoms with Gasteiger partial charge in [-0.05, 0) is 37.6 Å². The van der Waals surface area contributed by atoms with Crippen LogP contribution in [0.1, 0.15) is 33.1 Å². The summed E-state index contributed by atoms with van der Waals surface area (Å²) in [7, 11) is 0. The monoisotopic (exact) mass is 152 g/mol. The largest absolute Gasteiger partial charge is 0.300 e. The fraction of sp³-hybridized carbons (Fsp3) is 0.900. The molecule has 1 heterocycles. The first-order valence-electron chi connectivity index (χ1n) is 4.76. The zero-order chi connectivity index (χ0) is 7.90. The minimum atomic E-state index is 0.473. The van der Waals surface area contributed by atoms with Crippen molar-refractivity contribution in [2.75, 3.05) is 13.1 Å². The van der Waals surface area contributed by atoms with E-state index in [1.54, 1.807) is 0 Å². The van der Waals surface area contributed by atoms with Crippen molar-refractivity contribution < 1.29 is 0 Å². The zero-order valence-electron chi connectivity index (χ0n) is 7.64. The molecule has 2 rings (SSSR count). The highest BCUT2D eigenvalue weighted by Crippen LogP contribution is 2.35. The number of rotatable bonds is 1. The molecule has 63 valence electrons. The predicted molar refractivity (Wildman–Crippen MR) is 47.3 cm³/mol. The van der Waals surface area contributed by atoms with Gasteiger partial charge in [-0.1, -0.05) is 13.8 Å². The van der Waals surface area contributed by atoms with Gasteiger partial charge >= 0.3 is 0 Å². The van der Waals surface area contributed by atoms with Crippen molar-refractivity contribution in [3.63, 3.8) is 0 Å². The summed E-state index contributed by atoms with van der Waals surface area (Å²) in [5.74, 6) is 0. The van der Waals surface area contributed by atoms with Gasteiger partial charge in [0.25, 0.3) is 0 Å². The van der Waals surface area contributed by atoms with Crippen LogP contribution in [-0.2, 0) is 0 Å². The van der Waals surface area contributed by atoms with Gasteiger partial charge in [-0.2, -0.15) is 0 Å². The molecule has 1 saturated carbocycles. The van der Waals surface area contributed by atoms with Crippen LogP contribution in [0.4, 0.5) is 0 Å². The predicted octanol–water partition coefficient (Wildman–Crippen LogP) is 2.08. The quantitative estimate of drug-likeness (QED) is 0.556. The number of hydrogen-bond acceptors (Lipinski definition) is 1. The molecule has 11 heavy (non-hydrogen) atoms. The summed E-state index contributed by atoms with van der Waals surface area (Å²) in [5.41, 5.74) is 0.473. The molecule has 1 radical (unpaired) electrons. The fourth-order valence-corrected chi connectivity index (χ4v) is 2.04. The van der Waals surface area contributed by atoms with Gasteiger partial charge in [-0.25, -0.2) is 0 Å². The highest BCUT2D eigenvalue weighted by molar-refractivity contribution is 4.97. The normalized spacial score (nSPS) is 32.2. The van der Waals surface area contributed by atoms with E-state index in [0.717, 1.165) is 6.04 Å². The topological polar surface area (TPSA) is 3.24 Å². The van der Waals surface area contributed by atoms with E-state index in [4.69, 9.17) is 0 Å². The van der Waals surface area contributed by atoms with Crippen molar-refractivity contribution in [2.45, 2.75) is 39.2 Å². The van der Waals surface area contributed by atoms with Gasteiger partial charge in [0.2, 0.25) is 0 Å². The molecular weight excluding hydrogens is 134 g/mol. The third-order valence-electron chi connectivity index (χ3n) is 2.79. The van der Waals surface area contributed by atoms with Gasteiger partial charge in [-0.3, -0.25) is 4.90 Å². The van der Waals surface area contributed by atoms with Crippen LogP contribution < -0.4 is 0 Å². The van der Waals surface area contributed by atoms with Crippen molar-refractivity contribution in [3.05, 3.63) is 6.42 Å². The Morgan fingerprint density at radius 3 is 2.64 bits per heavy atom. The number of piperidine rings is 1. The molecule has 0 spiro atoms. The second kappa shape index (κ2) is 2.48. The summed E-state index contributed by atoms with van der Waals surface area (Å²) in [6.07, 6.45) is 6.68. The average Bonchev–Trinajstić information content (AvgIpc) is 2.65. The van der Waals surface area contributed by atoms with E-state index >= 15 is 0 Å². The Morgan fingerprint density at radius 2 is 2.09 bits per heavy atom. The molecule has 0 N–H and O–H groups in total. The van der Waals surface area contributed by atoms with Gasteiger partial charge in [-0.15, -0.1) is 0 Å². The minimum absolute atomic E-state index is 0.473. The maximum Gasteiger partial charge on any atom is 0.00966 e. The van der Waals surface area contributed by atoms with Crippen LogP contribution in [-0.4, -0.2) is 24.0 Å². The molecule has 1 saturated heterocycles. The summed E-state index contributed by atoms with van der Waals surface area (Å²) in [5, 5.41) is 0. The van der Waals surface area contributed by atoms with E-state index in [2.05, 4.69) is 25.2 Å². The molecule has 2 fully saturated rings. The first kappa shape index (κ1) is 7.60. The van der Waals surface area contributed by atoms with Crippen LogP contribution in [0.15, 0.2) is 0 Å². The Bertz CT molecular complexity index is 147. The lowest BCUT2D eigenvalue weighted by Crippen LogP contribution is -2.41. The van der Waals surface area contributed by atoms with Crippen LogP contribution >= 0.6 is 0 Å². The number of likely N-dealkylation sites (tertiary alicyclic amines) is 1. The van der Waals surface area contributed by atoms with Gasteiger partial charge in [0.1, 0.15) is 0 Å². The molecule has 0 amide bonds. The van der Waals surface area contributed by atoms with Crippen molar-refractivity contribution in [1.29, 1.82) is 0 Å². The van der Waals surface area contributed by atoms with Crippen molar-refractivity contribution in [3.8, 4) is 0 Å². The maximum absolute atomic E-state index is 2.67. The van der Waals surface area contributed by atoms with E-state index in [1.807, 2.05) is 0 Å². The lowest BCUT2D eigenvalue weighted by atomic mass is 9.84. The van der Waals surface area contributed by atoms with E-state index < -0.39 is 0 Å². The van der Waals surface area contributed by atoms with Crippen molar-refractivity contribution in [1.82, 2.24) is 4.90 Å². The van der Waals surface area contributed by atoms with Crippen LogP contribution in [0.5, 0.6) is 0 Å². The van der Waals surface area contributed by atoms with Crippen LogP contribution in [0.2, 0.25) is 0 Å². The van der Waals surface area contributed by atoms with Crippen molar-refractivity contribution in [2.24, 2.45) is 5.41 Å². The maximum atomic E-state index is 2.67. The Labute approximate surface area is 69.8 Å². The molecule has 0 aromatic rings. The molecule has 0 aromatic carbocycles. The Hall–Kier alpha value is -0.0400. The molecule has 0 aromatic heterocycles. The van der Waals surface area contributed by atoms with E-state index in [1.165, 1.54) is 32.4 Å². The average molecular weight is 152 g/mol. The first-order chi connectivity index (χ1) is 5.17. The first-order valence-corrected chi connectivity index (χ1v) is 4.76. The number of nitrogens with zero attached hydrogens (tertiary/aromatic N) is 1. The number of hydrogen-bond donors (Lipinski definition) is 0. The molecule has 0 atom stereocenters. The van der Waals surface area contributed by atoms with Gasteiger partial charge in [0.15, 0.2) is 0 Å². The van der Waals surface area contributed by atoms with Gasteiger partial charge in [0, 0.05) is 12.6 Å². The smallest absolute Gasteiger partial charge is 0.00966 e. The highest BCUT2D eigenvalue weighted by Gasteiger charge is 2.35. The summed E-state index contributed by atoms with van der Waals surface area (Å²) < 4.78 is 0. The van der Waals surface area contributed by atoms with Gasteiger partial charge < -0.3 is 0 Å².